The first-order valence-electron chi connectivity index (χ1n) is 7.86. The molecular formula is C18H15Cl2N3O3. The highest BCUT2D eigenvalue weighted by Crippen LogP contribution is 2.30. The van der Waals surface area contributed by atoms with Crippen LogP contribution in [0.15, 0.2) is 48.5 Å². The molecule has 3 rings (SSSR count). The highest BCUT2D eigenvalue weighted by atomic mass is 35.5. The second kappa shape index (κ2) is 7.76. The van der Waals surface area contributed by atoms with E-state index in [1.807, 2.05) is 0 Å². The van der Waals surface area contributed by atoms with Gasteiger partial charge in [0, 0.05) is 23.6 Å². The van der Waals surface area contributed by atoms with Crippen LogP contribution in [-0.2, 0) is 9.59 Å². The third-order valence-corrected chi connectivity index (χ3v) is 4.62. The summed E-state index contributed by atoms with van der Waals surface area (Å²) in [5.74, 6) is -1.68. The number of nitrogens with zero attached hydrogens (tertiary/aromatic N) is 1. The zero-order valence-electron chi connectivity index (χ0n) is 13.5. The SMILES string of the molecule is O=C(NNC(=O)C1CC(=O)N(c2ccccc2Cl)C1)c1ccc(Cl)cc1. The standard InChI is InChI=1S/C18H15Cl2N3O3/c19-13-7-5-11(6-8-13)17(25)21-22-18(26)12-9-16(24)23(10-12)15-4-2-1-3-14(15)20/h1-8,12H,9-10H2,(H,21,25)(H,22,26). The molecule has 0 spiro atoms. The molecule has 1 atom stereocenters. The van der Waals surface area contributed by atoms with Crippen molar-refractivity contribution in [1.82, 2.24) is 10.9 Å². The van der Waals surface area contributed by atoms with Gasteiger partial charge in [-0.2, -0.15) is 0 Å². The van der Waals surface area contributed by atoms with E-state index in [4.69, 9.17) is 23.2 Å². The maximum Gasteiger partial charge on any atom is 0.269 e. The van der Waals surface area contributed by atoms with Gasteiger partial charge >= 0.3 is 0 Å². The van der Waals surface area contributed by atoms with Crippen LogP contribution in [0.25, 0.3) is 0 Å². The molecule has 0 bridgehead atoms. The van der Waals surface area contributed by atoms with E-state index in [-0.39, 0.29) is 18.9 Å². The van der Waals surface area contributed by atoms with Gasteiger partial charge in [-0.05, 0) is 36.4 Å². The van der Waals surface area contributed by atoms with Crippen molar-refractivity contribution in [2.45, 2.75) is 6.42 Å². The molecule has 0 saturated carbocycles. The Balaban J connectivity index is 1.59. The van der Waals surface area contributed by atoms with Gasteiger partial charge in [0.2, 0.25) is 11.8 Å². The summed E-state index contributed by atoms with van der Waals surface area (Å²) in [4.78, 5) is 38.0. The number of para-hydroxylation sites is 1. The molecule has 134 valence electrons. The zero-order valence-corrected chi connectivity index (χ0v) is 15.1. The van der Waals surface area contributed by atoms with Gasteiger partial charge in [0.1, 0.15) is 0 Å². The summed E-state index contributed by atoms with van der Waals surface area (Å²) in [6.45, 7) is 0.200. The van der Waals surface area contributed by atoms with Crippen molar-refractivity contribution in [1.29, 1.82) is 0 Å². The number of anilines is 1. The summed E-state index contributed by atoms with van der Waals surface area (Å²) in [5, 5.41) is 0.952. The first-order valence-corrected chi connectivity index (χ1v) is 8.62. The minimum Gasteiger partial charge on any atom is -0.310 e. The van der Waals surface area contributed by atoms with Crippen molar-refractivity contribution in [3.05, 3.63) is 64.1 Å². The largest absolute Gasteiger partial charge is 0.310 e. The molecule has 2 aromatic rings. The van der Waals surface area contributed by atoms with Crippen LogP contribution in [0.3, 0.4) is 0 Å². The van der Waals surface area contributed by atoms with Gasteiger partial charge in [-0.1, -0.05) is 35.3 Å². The van der Waals surface area contributed by atoms with Crippen molar-refractivity contribution in [2.24, 2.45) is 5.92 Å². The van der Waals surface area contributed by atoms with Gasteiger partial charge in [0.05, 0.1) is 16.6 Å². The summed E-state index contributed by atoms with van der Waals surface area (Å²) < 4.78 is 0. The third kappa shape index (κ3) is 3.98. The summed E-state index contributed by atoms with van der Waals surface area (Å²) in [5.41, 5.74) is 5.63. The van der Waals surface area contributed by atoms with E-state index >= 15 is 0 Å². The number of hydrazine groups is 1. The normalized spacial score (nSPS) is 16.5. The molecule has 0 radical (unpaired) electrons. The van der Waals surface area contributed by atoms with Gasteiger partial charge in [0.25, 0.3) is 5.91 Å². The molecule has 26 heavy (non-hydrogen) atoms. The molecular weight excluding hydrogens is 377 g/mol. The van der Waals surface area contributed by atoms with Crippen LogP contribution in [0, 0.1) is 5.92 Å². The Morgan fingerprint density at radius 3 is 2.38 bits per heavy atom. The molecule has 8 heteroatoms. The number of halogens is 2. The fraction of sp³-hybridized carbons (Fsp3) is 0.167. The molecule has 1 aliphatic heterocycles. The van der Waals surface area contributed by atoms with Crippen molar-refractivity contribution in [2.75, 3.05) is 11.4 Å². The van der Waals surface area contributed by atoms with Crippen molar-refractivity contribution >= 4 is 46.6 Å². The predicted octanol–water partition coefficient (Wildman–Crippen LogP) is 2.81. The average molecular weight is 392 g/mol. The lowest BCUT2D eigenvalue weighted by Gasteiger charge is -2.18. The maximum atomic E-state index is 12.3. The Morgan fingerprint density at radius 2 is 1.69 bits per heavy atom. The first kappa shape index (κ1) is 18.2. The van der Waals surface area contributed by atoms with E-state index in [9.17, 15) is 14.4 Å². The van der Waals surface area contributed by atoms with Crippen LogP contribution in [0.1, 0.15) is 16.8 Å². The van der Waals surface area contributed by atoms with Gasteiger partial charge in [-0.15, -0.1) is 0 Å². The van der Waals surface area contributed by atoms with E-state index < -0.39 is 17.7 Å². The van der Waals surface area contributed by atoms with Crippen molar-refractivity contribution in [3.63, 3.8) is 0 Å². The predicted molar refractivity (Wildman–Crippen MR) is 99.0 cm³/mol. The number of carbonyl (C=O) groups excluding carboxylic acids is 3. The Morgan fingerprint density at radius 1 is 1.00 bits per heavy atom. The van der Waals surface area contributed by atoms with Gasteiger partial charge < -0.3 is 4.90 Å². The minimum atomic E-state index is -0.579. The quantitative estimate of drug-likeness (QED) is 0.789. The van der Waals surface area contributed by atoms with Crippen LogP contribution < -0.4 is 15.8 Å². The fourth-order valence-corrected chi connectivity index (χ4v) is 3.04. The van der Waals surface area contributed by atoms with Crippen LogP contribution in [0.4, 0.5) is 5.69 Å². The van der Waals surface area contributed by atoms with Crippen LogP contribution in [0.2, 0.25) is 10.0 Å². The van der Waals surface area contributed by atoms with Gasteiger partial charge in [-0.3, -0.25) is 25.2 Å². The maximum absolute atomic E-state index is 12.3. The van der Waals surface area contributed by atoms with E-state index in [0.717, 1.165) is 0 Å². The lowest BCUT2D eigenvalue weighted by atomic mass is 10.1. The Bertz CT molecular complexity index is 855. The van der Waals surface area contributed by atoms with Crippen molar-refractivity contribution in [3.8, 4) is 0 Å². The van der Waals surface area contributed by atoms with Gasteiger partial charge in [-0.25, -0.2) is 0 Å². The molecule has 2 N–H and O–H groups in total. The Labute approximate surface area is 160 Å². The monoisotopic (exact) mass is 391 g/mol. The second-order valence-corrected chi connectivity index (χ2v) is 6.65. The molecule has 1 heterocycles. The molecule has 6 nitrogen and oxygen atoms in total. The minimum absolute atomic E-state index is 0.0495. The molecule has 1 fully saturated rings. The second-order valence-electron chi connectivity index (χ2n) is 5.81. The first-order chi connectivity index (χ1) is 12.5. The van der Waals surface area contributed by atoms with E-state index in [1.165, 1.54) is 4.90 Å². The van der Waals surface area contributed by atoms with E-state index in [1.54, 1.807) is 48.5 Å². The topological polar surface area (TPSA) is 78.5 Å². The summed E-state index contributed by atoms with van der Waals surface area (Å²) in [7, 11) is 0. The number of rotatable bonds is 3. The molecule has 0 aliphatic carbocycles. The fourth-order valence-electron chi connectivity index (χ4n) is 2.68. The number of carbonyl (C=O) groups is 3. The number of benzene rings is 2. The zero-order chi connectivity index (χ0) is 18.7. The molecule has 0 aromatic heterocycles. The van der Waals surface area contributed by atoms with Crippen LogP contribution in [-0.4, -0.2) is 24.3 Å². The molecule has 1 aliphatic rings. The summed E-state index contributed by atoms with van der Waals surface area (Å²) in [6.07, 6.45) is 0.0495. The molecule has 2 aromatic carbocycles. The van der Waals surface area contributed by atoms with Gasteiger partial charge in [0.15, 0.2) is 0 Å². The molecule has 1 unspecified atom stereocenters. The van der Waals surface area contributed by atoms with E-state index in [0.29, 0.717) is 21.3 Å². The highest BCUT2D eigenvalue weighted by molar-refractivity contribution is 6.34. The number of nitrogens with one attached hydrogen (secondary N) is 2. The summed E-state index contributed by atoms with van der Waals surface area (Å²) >= 11 is 11.9. The van der Waals surface area contributed by atoms with E-state index in [2.05, 4.69) is 10.9 Å². The van der Waals surface area contributed by atoms with Crippen molar-refractivity contribution < 1.29 is 14.4 Å². The highest BCUT2D eigenvalue weighted by Gasteiger charge is 2.36. The lowest BCUT2D eigenvalue weighted by molar-refractivity contribution is -0.126. The lowest BCUT2D eigenvalue weighted by Crippen LogP contribution is -2.45. The Hall–Kier alpha value is -2.57. The third-order valence-electron chi connectivity index (χ3n) is 4.04. The average Bonchev–Trinajstić information content (AvgIpc) is 3.02. The number of amides is 3. The number of hydrogen-bond acceptors (Lipinski definition) is 3. The summed E-state index contributed by atoms with van der Waals surface area (Å²) in [6, 6.07) is 13.2. The molecule has 3 amide bonds. The molecule has 1 saturated heterocycles. The Kier molecular flexibility index (Phi) is 5.44. The van der Waals surface area contributed by atoms with Crippen LogP contribution in [0.5, 0.6) is 0 Å². The number of hydrogen-bond donors (Lipinski definition) is 2. The van der Waals surface area contributed by atoms with Crippen LogP contribution >= 0.6 is 23.2 Å². The smallest absolute Gasteiger partial charge is 0.269 e.